The molecule has 0 amide bonds. The molecule has 0 aliphatic carbocycles. The Morgan fingerprint density at radius 3 is 1.48 bits per heavy atom. The smallest absolute Gasteiger partial charge is 0.412 e. The Bertz CT molecular complexity index is 262. The Hall–Kier alpha value is 0.0348. The van der Waals surface area contributed by atoms with Crippen LogP contribution in [0.4, 0.5) is 0 Å². The monoisotopic (exact) mass is 293 g/mol. The summed E-state index contributed by atoms with van der Waals surface area (Å²) < 4.78 is 13.7. The third-order valence-electron chi connectivity index (χ3n) is 4.54. The topological polar surface area (TPSA) is 19.0 Å². The van der Waals surface area contributed by atoms with Crippen molar-refractivity contribution >= 4 is 21.2 Å². The zero-order chi connectivity index (χ0) is 15.8. The molecule has 0 saturated carbocycles. The molecule has 0 aromatic carbocycles. The number of hydrogen-bond acceptors (Lipinski definition) is 4. The van der Waals surface area contributed by atoms with Gasteiger partial charge >= 0.3 is 7.19 Å². The lowest BCUT2D eigenvalue weighted by atomic mass is 9.45. The minimum absolute atomic E-state index is 0.134. The molecule has 0 aromatic rings. The van der Waals surface area contributed by atoms with Crippen LogP contribution in [0.15, 0.2) is 0 Å². The van der Waals surface area contributed by atoms with E-state index < -0.39 is 0 Å². The molecule has 0 aromatic heterocycles. The van der Waals surface area contributed by atoms with Crippen LogP contribution in [0.25, 0.3) is 0 Å². The summed E-state index contributed by atoms with van der Waals surface area (Å²) in [6.45, 7) is 12.3. The van der Waals surface area contributed by atoms with Crippen molar-refractivity contribution in [2.45, 2.75) is 66.0 Å². The minimum atomic E-state index is 0.134. The average Bonchev–Trinajstić information content (AvgIpc) is 2.48. The highest BCUT2D eigenvalue weighted by molar-refractivity contribution is 6.84. The van der Waals surface area contributed by atoms with Crippen molar-refractivity contribution in [3.05, 3.63) is 0 Å². The van der Waals surface area contributed by atoms with Gasteiger partial charge in [-0.3, -0.25) is 0 Å². The van der Waals surface area contributed by atoms with Crippen LogP contribution in [0.2, 0.25) is 12.6 Å². The lowest BCUT2D eigenvalue weighted by molar-refractivity contribution is 0.295. The summed E-state index contributed by atoms with van der Waals surface area (Å²) >= 11 is 0. The summed E-state index contributed by atoms with van der Waals surface area (Å²) in [5.41, 5.74) is 0. The lowest BCUT2D eigenvalue weighted by Crippen LogP contribution is -2.77. The minimum Gasteiger partial charge on any atom is -0.412 e. The van der Waals surface area contributed by atoms with Crippen LogP contribution < -0.4 is 0 Å². The van der Waals surface area contributed by atoms with Crippen LogP contribution in [0, 0.1) is 0 Å². The summed E-state index contributed by atoms with van der Waals surface area (Å²) in [4.78, 5) is 0. The van der Waals surface area contributed by atoms with Crippen LogP contribution in [-0.4, -0.2) is 62.6 Å². The van der Waals surface area contributed by atoms with Crippen LogP contribution in [0.1, 0.15) is 53.4 Å². The molecule has 0 unspecified atom stereocenters. The first-order valence-corrected chi connectivity index (χ1v) is 8.92. The highest BCUT2D eigenvalue weighted by Gasteiger charge is 2.50. The zero-order valence-electron chi connectivity index (χ0n) is 15.1. The molecule has 4 nitrogen and oxygen atoms in total. The highest BCUT2D eigenvalue weighted by atomic mass is 16.4. The van der Waals surface area contributed by atoms with E-state index >= 15 is 0 Å². The average molecular weight is 293 g/mol. The van der Waals surface area contributed by atoms with Gasteiger partial charge in [-0.1, -0.05) is 40.5 Å². The lowest BCUT2D eigenvalue weighted by Gasteiger charge is -2.52. The van der Waals surface area contributed by atoms with Gasteiger partial charge in [0.1, 0.15) is 0 Å². The summed E-state index contributed by atoms with van der Waals surface area (Å²) in [7, 11) is 4.31. The first-order chi connectivity index (χ1) is 10.2. The fourth-order valence-corrected chi connectivity index (χ4v) is 3.71. The molecular formula is C14H34B3N3O. The molecule has 1 fully saturated rings. The molecule has 21 heavy (non-hydrogen) atoms. The maximum absolute atomic E-state index is 5.95. The first kappa shape index (κ1) is 19.1. The van der Waals surface area contributed by atoms with E-state index in [1.807, 2.05) is 7.11 Å². The molecule has 120 valence electrons. The number of nitrogens with zero attached hydrogens (tertiary/aromatic N) is 3. The normalized spacial score (nSPS) is 18.9. The molecule has 1 aliphatic rings. The van der Waals surface area contributed by atoms with Gasteiger partial charge in [-0.25, -0.2) is 0 Å². The SMILES string of the molecule is CCCB1N(C)B(CCC)N(CCC)B(OC)N1CCC. The van der Waals surface area contributed by atoms with Crippen molar-refractivity contribution in [1.82, 2.24) is 14.2 Å². The highest BCUT2D eigenvalue weighted by Crippen LogP contribution is 2.24. The second-order valence-corrected chi connectivity index (χ2v) is 6.24. The van der Waals surface area contributed by atoms with Crippen molar-refractivity contribution in [3.63, 3.8) is 0 Å². The summed E-state index contributed by atoms with van der Waals surface area (Å²) in [5.74, 6) is 0. The maximum Gasteiger partial charge on any atom is 0.457 e. The fourth-order valence-electron chi connectivity index (χ4n) is 3.71. The summed E-state index contributed by atoms with van der Waals surface area (Å²) in [5, 5.41) is 0. The molecule has 0 atom stereocenters. The van der Waals surface area contributed by atoms with Gasteiger partial charge in [0.2, 0.25) is 0 Å². The molecule has 7 heteroatoms. The van der Waals surface area contributed by atoms with Crippen LogP contribution >= 0.6 is 0 Å². The predicted molar refractivity (Wildman–Crippen MR) is 96.2 cm³/mol. The Morgan fingerprint density at radius 2 is 1.19 bits per heavy atom. The van der Waals surface area contributed by atoms with E-state index in [9.17, 15) is 0 Å². The van der Waals surface area contributed by atoms with Crippen molar-refractivity contribution in [3.8, 4) is 0 Å². The van der Waals surface area contributed by atoms with Gasteiger partial charge in [0, 0.05) is 7.11 Å². The fraction of sp³-hybridized carbons (Fsp3) is 1.00. The van der Waals surface area contributed by atoms with Gasteiger partial charge in [0.15, 0.2) is 0 Å². The summed E-state index contributed by atoms with van der Waals surface area (Å²) in [6.07, 6.45) is 7.22. The van der Waals surface area contributed by atoms with E-state index in [4.69, 9.17) is 4.65 Å². The molecule has 1 heterocycles. The van der Waals surface area contributed by atoms with Crippen LogP contribution in [-0.2, 0) is 4.65 Å². The molecule has 0 spiro atoms. The van der Waals surface area contributed by atoms with Crippen LogP contribution in [0.5, 0.6) is 0 Å². The van der Waals surface area contributed by atoms with Gasteiger partial charge in [0.05, 0.1) is 0 Å². The third-order valence-corrected chi connectivity index (χ3v) is 4.54. The number of hydrogen-bond donors (Lipinski definition) is 0. The Kier molecular flexibility index (Phi) is 9.03. The summed E-state index contributed by atoms with van der Waals surface area (Å²) in [6, 6.07) is 0. The van der Waals surface area contributed by atoms with Crippen LogP contribution in [0.3, 0.4) is 0 Å². The van der Waals surface area contributed by atoms with Crippen molar-refractivity contribution in [2.24, 2.45) is 0 Å². The van der Waals surface area contributed by atoms with E-state index in [0.717, 1.165) is 13.1 Å². The second kappa shape index (κ2) is 9.93. The standard InChI is InChI=1S/C14H34B3N3O/c1-7-11-15-18(5)16(12-8-2)20(14-10-4)17(21-6)19(15)13-9-3/h7-14H2,1-6H3. The van der Waals surface area contributed by atoms with Gasteiger partial charge in [-0.15, -0.1) is 0 Å². The second-order valence-electron chi connectivity index (χ2n) is 6.24. The molecule has 0 N–H and O–H groups in total. The molecule has 0 radical (unpaired) electrons. The Balaban J connectivity index is 3.05. The molecule has 1 saturated heterocycles. The first-order valence-electron chi connectivity index (χ1n) is 8.92. The predicted octanol–water partition coefficient (Wildman–Crippen LogP) is 2.78. The van der Waals surface area contributed by atoms with E-state index in [1.54, 1.807) is 0 Å². The van der Waals surface area contributed by atoms with E-state index in [2.05, 4.69) is 48.9 Å². The van der Waals surface area contributed by atoms with Gasteiger partial charge in [-0.05, 0) is 45.6 Å². The largest absolute Gasteiger partial charge is 0.457 e. The molecular weight excluding hydrogens is 259 g/mol. The van der Waals surface area contributed by atoms with Crippen molar-refractivity contribution in [1.29, 1.82) is 0 Å². The van der Waals surface area contributed by atoms with E-state index in [1.165, 1.54) is 38.3 Å². The van der Waals surface area contributed by atoms with E-state index in [0.29, 0.717) is 14.0 Å². The molecule has 1 rings (SSSR count). The Labute approximate surface area is 134 Å². The van der Waals surface area contributed by atoms with Gasteiger partial charge in [-0.2, -0.15) is 0 Å². The molecule has 0 bridgehead atoms. The Morgan fingerprint density at radius 1 is 0.762 bits per heavy atom. The molecule has 1 aliphatic heterocycles. The van der Waals surface area contributed by atoms with Crippen molar-refractivity contribution < 1.29 is 4.65 Å². The third kappa shape index (κ3) is 4.50. The maximum atomic E-state index is 5.95. The van der Waals surface area contributed by atoms with Crippen molar-refractivity contribution in [2.75, 3.05) is 27.2 Å². The van der Waals surface area contributed by atoms with Gasteiger partial charge in [0.25, 0.3) is 14.0 Å². The van der Waals surface area contributed by atoms with Gasteiger partial charge < -0.3 is 18.8 Å². The number of rotatable bonds is 9. The zero-order valence-corrected chi connectivity index (χ0v) is 15.1. The quantitative estimate of drug-likeness (QED) is 0.608. The van der Waals surface area contributed by atoms with E-state index in [-0.39, 0.29) is 7.19 Å².